The van der Waals surface area contributed by atoms with Crippen LogP contribution < -0.4 is 16.6 Å². The van der Waals surface area contributed by atoms with Crippen molar-refractivity contribution in [3.63, 3.8) is 0 Å². The van der Waals surface area contributed by atoms with Crippen molar-refractivity contribution in [2.45, 2.75) is 0 Å². The minimum atomic E-state index is -0.881. The van der Waals surface area contributed by atoms with E-state index in [2.05, 4.69) is 0 Å². The summed E-state index contributed by atoms with van der Waals surface area (Å²) >= 11 is 0. The van der Waals surface area contributed by atoms with Crippen LogP contribution in [0.15, 0.2) is 33.9 Å². The van der Waals surface area contributed by atoms with Gasteiger partial charge in [-0.1, -0.05) is 12.1 Å². The first-order valence-corrected chi connectivity index (χ1v) is 4.45. The van der Waals surface area contributed by atoms with E-state index in [1.807, 2.05) is 0 Å². The summed E-state index contributed by atoms with van der Waals surface area (Å²) in [6.07, 6.45) is 0. The van der Waals surface area contributed by atoms with Crippen LogP contribution in [-0.4, -0.2) is 11.0 Å². The van der Waals surface area contributed by atoms with Crippen molar-refractivity contribution >= 4 is 5.91 Å². The zero-order chi connectivity index (χ0) is 11.9. The van der Waals surface area contributed by atoms with Gasteiger partial charge >= 0.3 is 0 Å². The van der Waals surface area contributed by atoms with Gasteiger partial charge in [0.15, 0.2) is 5.75 Å². The molecule has 2 aromatic carbocycles. The molecular weight excluding hydrogens is 210 g/mol. The molecule has 2 aromatic rings. The SMILES string of the molecule is NC(=O)c1ccc(-c2c(O)c(=O)c2=O)cc1. The highest BCUT2D eigenvalue weighted by atomic mass is 16.3. The number of aromatic hydroxyl groups is 1. The summed E-state index contributed by atoms with van der Waals surface area (Å²) in [4.78, 5) is 32.7. The van der Waals surface area contributed by atoms with Gasteiger partial charge in [-0.05, 0) is 17.7 Å². The summed E-state index contributed by atoms with van der Waals surface area (Å²) in [6, 6.07) is 5.76. The van der Waals surface area contributed by atoms with E-state index in [4.69, 9.17) is 5.73 Å². The van der Waals surface area contributed by atoms with E-state index < -0.39 is 22.5 Å². The molecule has 0 aliphatic rings. The number of nitrogens with two attached hydrogens (primary N) is 1. The Hall–Kier alpha value is -2.43. The number of hydrogen-bond acceptors (Lipinski definition) is 4. The van der Waals surface area contributed by atoms with Gasteiger partial charge < -0.3 is 10.8 Å². The maximum Gasteiger partial charge on any atom is 0.268 e. The fraction of sp³-hybridized carbons (Fsp3) is 0. The lowest BCUT2D eigenvalue weighted by atomic mass is 9.99. The summed E-state index contributed by atoms with van der Waals surface area (Å²) in [5, 5.41) is 9.20. The third-order valence-electron chi connectivity index (χ3n) is 2.34. The van der Waals surface area contributed by atoms with Crippen molar-refractivity contribution in [1.82, 2.24) is 0 Å². The standard InChI is InChI=1S/C11H7NO4/c12-11(16)6-3-1-5(2-4-6)7-8(13)10(15)9(7)14/h1-4,13H,(H2,12,16). The zero-order valence-corrected chi connectivity index (χ0v) is 8.06. The van der Waals surface area contributed by atoms with Crippen molar-refractivity contribution in [1.29, 1.82) is 0 Å². The molecular formula is C11H7NO4. The Morgan fingerprint density at radius 2 is 1.62 bits per heavy atom. The van der Waals surface area contributed by atoms with Gasteiger partial charge in [-0.3, -0.25) is 14.4 Å². The summed E-state index contributed by atoms with van der Waals surface area (Å²) in [6.45, 7) is 0. The minimum absolute atomic E-state index is 0.0129. The predicted molar refractivity (Wildman–Crippen MR) is 57.0 cm³/mol. The molecule has 0 atom stereocenters. The van der Waals surface area contributed by atoms with E-state index in [1.54, 1.807) is 0 Å². The Labute approximate surface area is 89.5 Å². The van der Waals surface area contributed by atoms with E-state index in [-0.39, 0.29) is 5.56 Å². The van der Waals surface area contributed by atoms with Crippen molar-refractivity contribution in [3.05, 3.63) is 50.3 Å². The van der Waals surface area contributed by atoms with Crippen LogP contribution >= 0.6 is 0 Å². The molecule has 0 aliphatic heterocycles. The van der Waals surface area contributed by atoms with E-state index in [1.165, 1.54) is 24.3 Å². The molecule has 5 nitrogen and oxygen atoms in total. The lowest BCUT2D eigenvalue weighted by Crippen LogP contribution is -2.31. The van der Waals surface area contributed by atoms with Crippen molar-refractivity contribution in [3.8, 4) is 16.9 Å². The molecule has 0 heterocycles. The maximum absolute atomic E-state index is 11.1. The fourth-order valence-electron chi connectivity index (χ4n) is 1.45. The van der Waals surface area contributed by atoms with Crippen molar-refractivity contribution < 1.29 is 9.90 Å². The maximum atomic E-state index is 11.1. The average molecular weight is 217 g/mol. The van der Waals surface area contributed by atoms with E-state index >= 15 is 0 Å². The summed E-state index contributed by atoms with van der Waals surface area (Å²) in [5.41, 5.74) is 4.12. The number of amides is 1. The summed E-state index contributed by atoms with van der Waals surface area (Å²) < 4.78 is 0. The first kappa shape index (κ1) is 10.1. The van der Waals surface area contributed by atoms with Gasteiger partial charge in [0.1, 0.15) is 0 Å². The molecule has 3 N–H and O–H groups in total. The van der Waals surface area contributed by atoms with Gasteiger partial charge in [0.25, 0.3) is 5.43 Å². The van der Waals surface area contributed by atoms with E-state index in [0.717, 1.165) is 0 Å². The number of hydrogen-bond donors (Lipinski definition) is 2. The van der Waals surface area contributed by atoms with Crippen LogP contribution in [0.3, 0.4) is 0 Å². The van der Waals surface area contributed by atoms with Crippen molar-refractivity contribution in [2.75, 3.05) is 0 Å². The second-order valence-corrected chi connectivity index (χ2v) is 3.32. The number of carbonyl (C=O) groups excluding carboxylic acids is 1. The monoisotopic (exact) mass is 217 g/mol. The molecule has 16 heavy (non-hydrogen) atoms. The van der Waals surface area contributed by atoms with Crippen LogP contribution in [0.5, 0.6) is 5.75 Å². The van der Waals surface area contributed by atoms with Crippen LogP contribution in [0.1, 0.15) is 10.4 Å². The highest BCUT2D eigenvalue weighted by Gasteiger charge is 2.21. The highest BCUT2D eigenvalue weighted by molar-refractivity contribution is 5.93. The molecule has 0 aromatic heterocycles. The predicted octanol–water partition coefficient (Wildman–Crippen LogP) is -0.246. The molecule has 0 fully saturated rings. The smallest absolute Gasteiger partial charge is 0.268 e. The number of carbonyl (C=O) groups is 1. The Morgan fingerprint density at radius 1 is 1.06 bits per heavy atom. The largest absolute Gasteiger partial charge is 0.503 e. The molecule has 0 radical (unpaired) electrons. The first-order chi connectivity index (χ1) is 7.52. The lowest BCUT2D eigenvalue weighted by Gasteiger charge is -2.05. The Kier molecular flexibility index (Phi) is 2.09. The second-order valence-electron chi connectivity index (χ2n) is 3.32. The molecule has 5 heteroatoms. The van der Waals surface area contributed by atoms with Crippen LogP contribution in [0, 0.1) is 0 Å². The van der Waals surface area contributed by atoms with Crippen molar-refractivity contribution in [2.24, 2.45) is 5.73 Å². The van der Waals surface area contributed by atoms with Crippen LogP contribution in [0.2, 0.25) is 0 Å². The minimum Gasteiger partial charge on any atom is -0.503 e. The van der Waals surface area contributed by atoms with Gasteiger partial charge in [-0.15, -0.1) is 0 Å². The normalized spacial score (nSPS) is 10.5. The molecule has 80 valence electrons. The molecule has 0 aliphatic carbocycles. The Balaban J connectivity index is 2.48. The van der Waals surface area contributed by atoms with Crippen LogP contribution in [-0.2, 0) is 0 Å². The van der Waals surface area contributed by atoms with E-state index in [0.29, 0.717) is 11.1 Å². The highest BCUT2D eigenvalue weighted by Crippen LogP contribution is 2.24. The first-order valence-electron chi connectivity index (χ1n) is 4.45. The molecule has 0 unspecified atom stereocenters. The van der Waals surface area contributed by atoms with Crippen LogP contribution in [0.25, 0.3) is 11.1 Å². The third-order valence-corrected chi connectivity index (χ3v) is 2.34. The van der Waals surface area contributed by atoms with Gasteiger partial charge in [0.05, 0.1) is 5.56 Å². The molecule has 0 saturated carbocycles. The topological polar surface area (TPSA) is 97.5 Å². The fourth-order valence-corrected chi connectivity index (χ4v) is 1.45. The second kappa shape index (κ2) is 3.30. The number of primary amides is 1. The van der Waals surface area contributed by atoms with Gasteiger partial charge in [-0.2, -0.15) is 0 Å². The van der Waals surface area contributed by atoms with Gasteiger partial charge in [0, 0.05) is 5.56 Å². The average Bonchev–Trinajstić information content (AvgIpc) is 2.29. The molecule has 1 amide bonds. The Morgan fingerprint density at radius 3 is 2.06 bits per heavy atom. The molecule has 2 rings (SSSR count). The molecule has 0 spiro atoms. The zero-order valence-electron chi connectivity index (χ0n) is 8.06. The third kappa shape index (κ3) is 1.30. The lowest BCUT2D eigenvalue weighted by molar-refractivity contribution is 0.100. The number of benzene rings is 1. The summed E-state index contributed by atoms with van der Waals surface area (Å²) in [5.74, 6) is -1.11. The van der Waals surface area contributed by atoms with E-state index in [9.17, 15) is 19.5 Å². The summed E-state index contributed by atoms with van der Waals surface area (Å²) in [7, 11) is 0. The van der Waals surface area contributed by atoms with Crippen LogP contribution in [0.4, 0.5) is 0 Å². The van der Waals surface area contributed by atoms with Gasteiger partial charge in [0.2, 0.25) is 11.3 Å². The molecule has 0 bridgehead atoms. The Bertz CT molecular complexity index is 633. The number of rotatable bonds is 2. The van der Waals surface area contributed by atoms with Gasteiger partial charge in [-0.25, -0.2) is 0 Å². The molecule has 0 saturated heterocycles. The quantitative estimate of drug-likeness (QED) is 0.678.